The number of thiol groups is 1. The molecule has 0 radical (unpaired) electrons. The molecule has 0 aliphatic rings. The standard InChI is InChI=1S/C9H18N2S/c1-6(2)9(11-4)5-8(10)7(3)12/h5-6,11-12H,10H2,1-4H3/b8-7-,9-5-. The first-order valence-electron chi connectivity index (χ1n) is 4.03. The monoisotopic (exact) mass is 186 g/mol. The van der Waals surface area contributed by atoms with Gasteiger partial charge in [0, 0.05) is 23.3 Å². The zero-order valence-electron chi connectivity index (χ0n) is 8.18. The van der Waals surface area contributed by atoms with Crippen LogP contribution in [0.25, 0.3) is 0 Å². The van der Waals surface area contributed by atoms with Gasteiger partial charge < -0.3 is 11.1 Å². The van der Waals surface area contributed by atoms with Crippen LogP contribution >= 0.6 is 12.6 Å². The van der Waals surface area contributed by atoms with Crippen molar-refractivity contribution in [1.82, 2.24) is 5.32 Å². The summed E-state index contributed by atoms with van der Waals surface area (Å²) in [5.74, 6) is 0.459. The van der Waals surface area contributed by atoms with Crippen LogP contribution in [-0.4, -0.2) is 7.05 Å². The minimum absolute atomic E-state index is 0.459. The second-order valence-corrected chi connectivity index (χ2v) is 3.72. The van der Waals surface area contributed by atoms with E-state index < -0.39 is 0 Å². The first kappa shape index (κ1) is 11.4. The molecule has 0 fully saturated rings. The third-order valence-electron chi connectivity index (χ3n) is 1.64. The van der Waals surface area contributed by atoms with Crippen molar-refractivity contribution in [2.24, 2.45) is 11.7 Å². The third kappa shape index (κ3) is 3.72. The van der Waals surface area contributed by atoms with Crippen LogP contribution in [0.2, 0.25) is 0 Å². The van der Waals surface area contributed by atoms with Gasteiger partial charge >= 0.3 is 0 Å². The summed E-state index contributed by atoms with van der Waals surface area (Å²) in [5.41, 5.74) is 7.56. The molecule has 0 heterocycles. The van der Waals surface area contributed by atoms with E-state index in [0.717, 1.165) is 16.3 Å². The van der Waals surface area contributed by atoms with Crippen molar-refractivity contribution < 1.29 is 0 Å². The average molecular weight is 186 g/mol. The normalized spacial score (nSPS) is 14.7. The quantitative estimate of drug-likeness (QED) is 0.465. The first-order valence-corrected chi connectivity index (χ1v) is 4.48. The topological polar surface area (TPSA) is 38.0 Å². The first-order chi connectivity index (χ1) is 5.49. The Hall–Kier alpha value is -0.570. The van der Waals surface area contributed by atoms with Gasteiger partial charge in [0.25, 0.3) is 0 Å². The fourth-order valence-electron chi connectivity index (χ4n) is 0.799. The van der Waals surface area contributed by atoms with Gasteiger partial charge in [-0.3, -0.25) is 0 Å². The maximum Gasteiger partial charge on any atom is 0.0422 e. The Morgan fingerprint density at radius 2 is 2.00 bits per heavy atom. The van der Waals surface area contributed by atoms with Crippen LogP contribution in [0.5, 0.6) is 0 Å². The van der Waals surface area contributed by atoms with Gasteiger partial charge in [-0.25, -0.2) is 0 Å². The molecule has 3 heteroatoms. The van der Waals surface area contributed by atoms with Crippen molar-refractivity contribution in [3.8, 4) is 0 Å². The molecule has 0 atom stereocenters. The Morgan fingerprint density at radius 1 is 1.50 bits per heavy atom. The number of hydrogen-bond donors (Lipinski definition) is 3. The maximum atomic E-state index is 5.72. The van der Waals surface area contributed by atoms with E-state index in [1.165, 1.54) is 0 Å². The second-order valence-electron chi connectivity index (χ2n) is 3.05. The van der Waals surface area contributed by atoms with Crippen LogP contribution in [0, 0.1) is 5.92 Å². The van der Waals surface area contributed by atoms with Crippen molar-refractivity contribution in [2.75, 3.05) is 7.05 Å². The number of allylic oxidation sites excluding steroid dienone is 3. The summed E-state index contributed by atoms with van der Waals surface area (Å²) < 4.78 is 0. The molecule has 12 heavy (non-hydrogen) atoms. The lowest BCUT2D eigenvalue weighted by Crippen LogP contribution is -2.13. The molecule has 0 aromatic rings. The van der Waals surface area contributed by atoms with Crippen molar-refractivity contribution in [3.63, 3.8) is 0 Å². The van der Waals surface area contributed by atoms with Gasteiger partial charge in [0.2, 0.25) is 0 Å². The van der Waals surface area contributed by atoms with Gasteiger partial charge in [0.15, 0.2) is 0 Å². The molecule has 0 spiro atoms. The molecule has 0 aromatic carbocycles. The lowest BCUT2D eigenvalue weighted by Gasteiger charge is -2.10. The molecule has 0 saturated heterocycles. The fraction of sp³-hybridized carbons (Fsp3) is 0.556. The average Bonchev–Trinajstić information content (AvgIpc) is 1.98. The molecular weight excluding hydrogens is 168 g/mol. The molecular formula is C9H18N2S. The Labute approximate surface area is 80.3 Å². The van der Waals surface area contributed by atoms with Crippen molar-refractivity contribution in [1.29, 1.82) is 0 Å². The summed E-state index contributed by atoms with van der Waals surface area (Å²) in [6.45, 7) is 6.11. The molecule has 0 rings (SSSR count). The van der Waals surface area contributed by atoms with E-state index in [0.29, 0.717) is 5.92 Å². The molecule has 0 unspecified atom stereocenters. The van der Waals surface area contributed by atoms with Crippen LogP contribution in [0.15, 0.2) is 22.4 Å². The van der Waals surface area contributed by atoms with Crippen LogP contribution in [0.1, 0.15) is 20.8 Å². The number of hydrogen-bond acceptors (Lipinski definition) is 3. The number of rotatable bonds is 3. The zero-order chi connectivity index (χ0) is 9.72. The second kappa shape index (κ2) is 5.14. The highest BCUT2D eigenvalue weighted by Gasteiger charge is 2.00. The Morgan fingerprint density at radius 3 is 2.25 bits per heavy atom. The van der Waals surface area contributed by atoms with Gasteiger partial charge in [0.05, 0.1) is 0 Å². The van der Waals surface area contributed by atoms with Gasteiger partial charge in [-0.1, -0.05) is 13.8 Å². The van der Waals surface area contributed by atoms with Crippen LogP contribution in [-0.2, 0) is 0 Å². The number of nitrogens with two attached hydrogens (primary N) is 1. The van der Waals surface area contributed by atoms with Crippen LogP contribution in [0.3, 0.4) is 0 Å². The predicted molar refractivity (Wildman–Crippen MR) is 57.9 cm³/mol. The van der Waals surface area contributed by atoms with Gasteiger partial charge in [0.1, 0.15) is 0 Å². The SMILES string of the molecule is CN/C(=C\C(N)=C(/C)S)C(C)C. The molecule has 0 aliphatic carbocycles. The molecule has 0 aliphatic heterocycles. The summed E-state index contributed by atoms with van der Waals surface area (Å²) in [5, 5.41) is 3.10. The smallest absolute Gasteiger partial charge is 0.0422 e. The summed E-state index contributed by atoms with van der Waals surface area (Å²) >= 11 is 4.16. The van der Waals surface area contributed by atoms with E-state index in [-0.39, 0.29) is 0 Å². The van der Waals surface area contributed by atoms with Crippen LogP contribution in [0.4, 0.5) is 0 Å². The molecule has 3 N–H and O–H groups in total. The molecule has 2 nitrogen and oxygen atoms in total. The zero-order valence-corrected chi connectivity index (χ0v) is 9.07. The molecule has 0 bridgehead atoms. The van der Waals surface area contributed by atoms with E-state index in [1.54, 1.807) is 0 Å². The Kier molecular flexibility index (Phi) is 4.90. The van der Waals surface area contributed by atoms with Crippen LogP contribution < -0.4 is 11.1 Å². The largest absolute Gasteiger partial charge is 0.398 e. The summed E-state index contributed by atoms with van der Waals surface area (Å²) in [6, 6.07) is 0. The van der Waals surface area contributed by atoms with Crippen molar-refractivity contribution in [2.45, 2.75) is 20.8 Å². The van der Waals surface area contributed by atoms with Crippen molar-refractivity contribution >= 4 is 12.6 Å². The van der Waals surface area contributed by atoms with Gasteiger partial charge in [-0.05, 0) is 18.9 Å². The summed E-state index contributed by atoms with van der Waals surface area (Å²) in [7, 11) is 1.90. The highest BCUT2D eigenvalue weighted by Crippen LogP contribution is 2.10. The van der Waals surface area contributed by atoms with E-state index in [9.17, 15) is 0 Å². The minimum Gasteiger partial charge on any atom is -0.398 e. The summed E-state index contributed by atoms with van der Waals surface area (Å²) in [4.78, 5) is 0.850. The fourth-order valence-corrected chi connectivity index (χ4v) is 0.864. The summed E-state index contributed by atoms with van der Waals surface area (Å²) in [6.07, 6.45) is 1.92. The lowest BCUT2D eigenvalue weighted by atomic mass is 10.1. The Bertz CT molecular complexity index is 201. The highest BCUT2D eigenvalue weighted by atomic mass is 32.1. The van der Waals surface area contributed by atoms with Gasteiger partial charge in [-0.15, -0.1) is 12.6 Å². The minimum atomic E-state index is 0.459. The van der Waals surface area contributed by atoms with Gasteiger partial charge in [-0.2, -0.15) is 0 Å². The molecule has 0 saturated carbocycles. The molecule has 70 valence electrons. The van der Waals surface area contributed by atoms with E-state index in [4.69, 9.17) is 5.73 Å². The third-order valence-corrected chi connectivity index (χ3v) is 1.90. The van der Waals surface area contributed by atoms with Crippen molar-refractivity contribution in [3.05, 3.63) is 22.4 Å². The van der Waals surface area contributed by atoms with E-state index in [1.807, 2.05) is 20.0 Å². The van der Waals surface area contributed by atoms with E-state index >= 15 is 0 Å². The maximum absolute atomic E-state index is 5.72. The lowest BCUT2D eigenvalue weighted by molar-refractivity contribution is 0.698. The Balaban J connectivity index is 4.61. The molecule has 0 aromatic heterocycles. The predicted octanol–water partition coefficient (Wildman–Crippen LogP) is 1.87. The van der Waals surface area contributed by atoms with E-state index in [2.05, 4.69) is 31.8 Å². The molecule has 0 amide bonds. The number of nitrogens with one attached hydrogen (secondary N) is 1. The highest BCUT2D eigenvalue weighted by molar-refractivity contribution is 7.84.